The van der Waals surface area contributed by atoms with Crippen LogP contribution in [0.15, 0.2) is 0 Å². The van der Waals surface area contributed by atoms with Gasteiger partial charge in [-0.05, 0) is 39.2 Å². The van der Waals surface area contributed by atoms with E-state index in [1.165, 1.54) is 90.0 Å². The van der Waals surface area contributed by atoms with E-state index in [4.69, 9.17) is 5.73 Å². The van der Waals surface area contributed by atoms with Gasteiger partial charge in [0.15, 0.2) is 0 Å². The van der Waals surface area contributed by atoms with E-state index in [0.717, 1.165) is 6.04 Å². The maximum Gasteiger partial charge on any atom is 0.00675 e. The number of nitrogens with one attached hydrogen (secondary N) is 1. The Hall–Kier alpha value is -0.0800. The molecule has 2 unspecified atom stereocenters. The molecule has 1 rings (SSSR count). The third kappa shape index (κ3) is 10.4. The van der Waals surface area contributed by atoms with E-state index in [0.29, 0.717) is 6.04 Å². The van der Waals surface area contributed by atoms with Gasteiger partial charge in [0, 0.05) is 12.1 Å². The van der Waals surface area contributed by atoms with Crippen molar-refractivity contribution in [3.63, 3.8) is 0 Å². The van der Waals surface area contributed by atoms with Gasteiger partial charge >= 0.3 is 0 Å². The summed E-state index contributed by atoms with van der Waals surface area (Å²) in [5, 5.41) is 3.59. The minimum absolute atomic E-state index is 0.398. The monoisotopic (exact) mass is 268 g/mol. The second-order valence-corrected chi connectivity index (χ2v) is 6.53. The van der Waals surface area contributed by atoms with Crippen molar-refractivity contribution in [2.75, 3.05) is 6.54 Å². The van der Waals surface area contributed by atoms with Crippen LogP contribution < -0.4 is 11.1 Å². The van der Waals surface area contributed by atoms with Crippen LogP contribution in [0.4, 0.5) is 0 Å². The van der Waals surface area contributed by atoms with Crippen molar-refractivity contribution >= 4 is 0 Å². The van der Waals surface area contributed by atoms with E-state index in [-0.39, 0.29) is 0 Å². The average molecular weight is 268 g/mol. The van der Waals surface area contributed by atoms with E-state index in [1.807, 2.05) is 0 Å². The Labute approximate surface area is 120 Å². The number of nitrogens with two attached hydrogens (primary N) is 1. The first-order chi connectivity index (χ1) is 9.29. The second-order valence-electron chi connectivity index (χ2n) is 6.53. The van der Waals surface area contributed by atoms with Gasteiger partial charge in [-0.25, -0.2) is 0 Å². The molecule has 0 aromatic carbocycles. The summed E-state index contributed by atoms with van der Waals surface area (Å²) in [6, 6.07) is 1.25. The fraction of sp³-hybridized carbons (Fsp3) is 1.00. The highest BCUT2D eigenvalue weighted by atomic mass is 14.9. The molecule has 0 aromatic rings. The summed E-state index contributed by atoms with van der Waals surface area (Å²) in [7, 11) is 0. The molecule has 1 heterocycles. The number of rotatable bonds is 12. The maximum absolute atomic E-state index is 5.74. The predicted octanol–water partition coefficient (Wildman–Crippen LogP) is 4.38. The van der Waals surface area contributed by atoms with Crippen LogP contribution >= 0.6 is 0 Å². The molecular formula is C17H36N2. The largest absolute Gasteiger partial charge is 0.328 e. The van der Waals surface area contributed by atoms with Gasteiger partial charge in [-0.1, -0.05) is 57.8 Å². The lowest BCUT2D eigenvalue weighted by Gasteiger charge is -2.09. The number of hydrogen-bond acceptors (Lipinski definition) is 2. The summed E-state index contributed by atoms with van der Waals surface area (Å²) < 4.78 is 0. The lowest BCUT2D eigenvalue weighted by molar-refractivity contribution is 0.496. The van der Waals surface area contributed by atoms with E-state index in [2.05, 4.69) is 12.2 Å². The molecule has 0 radical (unpaired) electrons. The number of hydrogen-bond donors (Lipinski definition) is 2. The Morgan fingerprint density at radius 1 is 0.947 bits per heavy atom. The Morgan fingerprint density at radius 3 is 2.05 bits per heavy atom. The van der Waals surface area contributed by atoms with Crippen LogP contribution in [0.2, 0.25) is 0 Å². The van der Waals surface area contributed by atoms with Crippen molar-refractivity contribution in [1.82, 2.24) is 5.32 Å². The van der Waals surface area contributed by atoms with Gasteiger partial charge in [0.2, 0.25) is 0 Å². The molecule has 1 aliphatic heterocycles. The van der Waals surface area contributed by atoms with Gasteiger partial charge in [0.05, 0.1) is 0 Å². The molecule has 19 heavy (non-hydrogen) atoms. The molecule has 1 aliphatic rings. The standard InChI is InChI=1S/C17H36N2/c1-16(18)12-9-7-5-3-2-4-6-8-10-13-17-14-11-15-19-17/h16-17,19H,2-15,18H2,1H3. The van der Waals surface area contributed by atoms with Crippen LogP contribution in [-0.2, 0) is 0 Å². The van der Waals surface area contributed by atoms with E-state index in [9.17, 15) is 0 Å². The molecule has 0 amide bonds. The molecule has 0 bridgehead atoms. The summed E-state index contributed by atoms with van der Waals surface area (Å²) in [6.07, 6.45) is 18.2. The average Bonchev–Trinajstić information content (AvgIpc) is 2.88. The Balaban J connectivity index is 1.69. The third-order valence-corrected chi connectivity index (χ3v) is 4.37. The Morgan fingerprint density at radius 2 is 1.53 bits per heavy atom. The number of unbranched alkanes of at least 4 members (excludes halogenated alkanes) is 8. The Kier molecular flexibility index (Phi) is 10.5. The highest BCUT2D eigenvalue weighted by Gasteiger charge is 2.12. The topological polar surface area (TPSA) is 38.0 Å². The summed E-state index contributed by atoms with van der Waals surface area (Å²) in [5.41, 5.74) is 5.74. The van der Waals surface area contributed by atoms with E-state index < -0.39 is 0 Å². The smallest absolute Gasteiger partial charge is 0.00675 e. The van der Waals surface area contributed by atoms with Crippen molar-refractivity contribution in [3.8, 4) is 0 Å². The van der Waals surface area contributed by atoms with Gasteiger partial charge in [-0.2, -0.15) is 0 Å². The zero-order chi connectivity index (χ0) is 13.8. The molecule has 0 aliphatic carbocycles. The van der Waals surface area contributed by atoms with Gasteiger partial charge in [-0.3, -0.25) is 0 Å². The van der Waals surface area contributed by atoms with Gasteiger partial charge < -0.3 is 11.1 Å². The summed E-state index contributed by atoms with van der Waals surface area (Å²) >= 11 is 0. The molecule has 114 valence electrons. The highest BCUT2D eigenvalue weighted by Crippen LogP contribution is 2.15. The zero-order valence-electron chi connectivity index (χ0n) is 13.1. The summed E-state index contributed by atoms with van der Waals surface area (Å²) in [6.45, 7) is 3.37. The molecule has 2 atom stereocenters. The van der Waals surface area contributed by atoms with Crippen molar-refractivity contribution in [3.05, 3.63) is 0 Å². The van der Waals surface area contributed by atoms with Gasteiger partial charge in [-0.15, -0.1) is 0 Å². The van der Waals surface area contributed by atoms with Gasteiger partial charge in [0.1, 0.15) is 0 Å². The van der Waals surface area contributed by atoms with Crippen LogP contribution in [0.5, 0.6) is 0 Å². The first-order valence-electron chi connectivity index (χ1n) is 8.78. The van der Waals surface area contributed by atoms with Crippen molar-refractivity contribution < 1.29 is 0 Å². The normalized spacial score (nSPS) is 20.8. The van der Waals surface area contributed by atoms with Crippen LogP contribution in [0.3, 0.4) is 0 Å². The highest BCUT2D eigenvalue weighted by molar-refractivity contribution is 4.73. The predicted molar refractivity (Wildman–Crippen MR) is 85.5 cm³/mol. The lowest BCUT2D eigenvalue weighted by atomic mass is 10.0. The van der Waals surface area contributed by atoms with Crippen LogP contribution in [0, 0.1) is 0 Å². The quantitative estimate of drug-likeness (QED) is 0.516. The van der Waals surface area contributed by atoms with Gasteiger partial charge in [0.25, 0.3) is 0 Å². The van der Waals surface area contributed by atoms with E-state index >= 15 is 0 Å². The molecule has 3 N–H and O–H groups in total. The van der Waals surface area contributed by atoms with E-state index in [1.54, 1.807) is 0 Å². The van der Waals surface area contributed by atoms with Crippen molar-refractivity contribution in [2.24, 2.45) is 5.73 Å². The summed E-state index contributed by atoms with van der Waals surface area (Å²) in [4.78, 5) is 0. The van der Waals surface area contributed by atoms with Crippen molar-refractivity contribution in [1.29, 1.82) is 0 Å². The molecule has 0 aromatic heterocycles. The van der Waals surface area contributed by atoms with Crippen LogP contribution in [-0.4, -0.2) is 18.6 Å². The first-order valence-corrected chi connectivity index (χ1v) is 8.78. The molecular weight excluding hydrogens is 232 g/mol. The molecule has 0 saturated carbocycles. The molecule has 2 nitrogen and oxygen atoms in total. The maximum atomic E-state index is 5.74. The van der Waals surface area contributed by atoms with Crippen molar-refractivity contribution in [2.45, 2.75) is 102 Å². The lowest BCUT2D eigenvalue weighted by Crippen LogP contribution is -2.20. The molecule has 2 heteroatoms. The molecule has 0 spiro atoms. The SMILES string of the molecule is CC(N)CCCCCCCCCCCC1CCCN1. The fourth-order valence-corrected chi connectivity index (χ4v) is 3.10. The summed E-state index contributed by atoms with van der Waals surface area (Å²) in [5.74, 6) is 0. The molecule has 1 fully saturated rings. The first kappa shape index (κ1) is 17.0. The van der Waals surface area contributed by atoms with Crippen LogP contribution in [0.1, 0.15) is 90.4 Å². The molecule has 1 saturated heterocycles. The second kappa shape index (κ2) is 11.7. The van der Waals surface area contributed by atoms with Crippen LogP contribution in [0.25, 0.3) is 0 Å². The Bertz CT molecular complexity index is 186. The minimum atomic E-state index is 0.398. The minimum Gasteiger partial charge on any atom is -0.328 e. The zero-order valence-corrected chi connectivity index (χ0v) is 13.1. The fourth-order valence-electron chi connectivity index (χ4n) is 3.10. The third-order valence-electron chi connectivity index (χ3n) is 4.37.